The van der Waals surface area contributed by atoms with Crippen molar-refractivity contribution in [3.05, 3.63) is 23.3 Å². The topological polar surface area (TPSA) is 0 Å². The van der Waals surface area contributed by atoms with Gasteiger partial charge in [-0.2, -0.15) is 0 Å². The molecule has 1 aliphatic rings. The summed E-state index contributed by atoms with van der Waals surface area (Å²) < 4.78 is 0. The summed E-state index contributed by atoms with van der Waals surface area (Å²) >= 11 is 0. The zero-order valence-electron chi connectivity index (χ0n) is 9.48. The molecular formula is C13H22. The molecule has 1 aliphatic carbocycles. The van der Waals surface area contributed by atoms with Crippen molar-refractivity contribution in [2.45, 2.75) is 53.4 Å². The van der Waals surface area contributed by atoms with Crippen LogP contribution in [-0.4, -0.2) is 0 Å². The maximum atomic E-state index is 2.40. The monoisotopic (exact) mass is 178 g/mol. The van der Waals surface area contributed by atoms with Gasteiger partial charge in [-0.1, -0.05) is 44.1 Å². The lowest BCUT2D eigenvalue weighted by atomic mass is 9.74. The Bertz CT molecular complexity index is 226. The second-order valence-electron chi connectivity index (χ2n) is 4.47. The molecule has 0 aromatic heterocycles. The van der Waals surface area contributed by atoms with Gasteiger partial charge in [0, 0.05) is 0 Å². The Morgan fingerprint density at radius 2 is 1.77 bits per heavy atom. The lowest BCUT2D eigenvalue weighted by Gasteiger charge is -2.31. The average molecular weight is 178 g/mol. The molecular weight excluding hydrogens is 156 g/mol. The van der Waals surface area contributed by atoms with E-state index in [2.05, 4.69) is 39.8 Å². The van der Waals surface area contributed by atoms with E-state index in [1.807, 2.05) is 0 Å². The predicted molar refractivity (Wildman–Crippen MR) is 59.8 cm³/mol. The first-order valence-electron chi connectivity index (χ1n) is 5.49. The second kappa shape index (κ2) is 4.13. The summed E-state index contributed by atoms with van der Waals surface area (Å²) in [6.45, 7) is 9.22. The molecule has 74 valence electrons. The maximum Gasteiger partial charge on any atom is -0.0118 e. The molecule has 0 saturated carbocycles. The summed E-state index contributed by atoms with van der Waals surface area (Å²) in [5.74, 6) is 0. The van der Waals surface area contributed by atoms with E-state index in [9.17, 15) is 0 Å². The lowest BCUT2D eigenvalue weighted by Crippen LogP contribution is -2.18. The molecule has 0 atom stereocenters. The Balaban J connectivity index is 2.82. The summed E-state index contributed by atoms with van der Waals surface area (Å²) in [6, 6.07) is 0. The molecule has 0 radical (unpaired) electrons. The van der Waals surface area contributed by atoms with Crippen LogP contribution >= 0.6 is 0 Å². The fourth-order valence-electron chi connectivity index (χ4n) is 1.95. The molecule has 0 nitrogen and oxygen atoms in total. The zero-order chi connectivity index (χ0) is 9.90. The van der Waals surface area contributed by atoms with E-state index >= 15 is 0 Å². The molecule has 13 heavy (non-hydrogen) atoms. The number of hydrogen-bond acceptors (Lipinski definition) is 0. The minimum atomic E-state index is 0.456. The van der Waals surface area contributed by atoms with E-state index in [1.54, 1.807) is 5.57 Å². The van der Waals surface area contributed by atoms with Crippen molar-refractivity contribution in [2.24, 2.45) is 5.41 Å². The molecule has 0 bridgehead atoms. The standard InChI is InChI=1S/C13H22/c1-5-13(4,6-2)12-9-7-11(3)8-10-12/h7,9H,5-6,8,10H2,1-4H3. The molecule has 0 aromatic carbocycles. The van der Waals surface area contributed by atoms with Crippen LogP contribution < -0.4 is 0 Å². The van der Waals surface area contributed by atoms with Gasteiger partial charge < -0.3 is 0 Å². The van der Waals surface area contributed by atoms with E-state index in [0.29, 0.717) is 5.41 Å². The van der Waals surface area contributed by atoms with Crippen molar-refractivity contribution in [3.63, 3.8) is 0 Å². The van der Waals surface area contributed by atoms with E-state index in [-0.39, 0.29) is 0 Å². The van der Waals surface area contributed by atoms with Crippen LogP contribution in [0.5, 0.6) is 0 Å². The van der Waals surface area contributed by atoms with Crippen LogP contribution in [0.4, 0.5) is 0 Å². The Morgan fingerprint density at radius 1 is 1.15 bits per heavy atom. The fourth-order valence-corrected chi connectivity index (χ4v) is 1.95. The largest absolute Gasteiger partial charge is 0.0730 e. The summed E-state index contributed by atoms with van der Waals surface area (Å²) in [4.78, 5) is 0. The third kappa shape index (κ3) is 2.24. The molecule has 0 aromatic rings. The first kappa shape index (κ1) is 10.6. The molecule has 0 spiro atoms. The minimum absolute atomic E-state index is 0.456. The number of allylic oxidation sites excluding steroid dienone is 4. The van der Waals surface area contributed by atoms with Crippen molar-refractivity contribution >= 4 is 0 Å². The third-order valence-corrected chi connectivity index (χ3v) is 3.69. The van der Waals surface area contributed by atoms with Gasteiger partial charge >= 0.3 is 0 Å². The Morgan fingerprint density at radius 3 is 2.15 bits per heavy atom. The SMILES string of the molecule is CCC(C)(CC)C1=CC=C(C)CC1. The first-order valence-corrected chi connectivity index (χ1v) is 5.49. The van der Waals surface area contributed by atoms with E-state index in [0.717, 1.165) is 0 Å². The maximum absolute atomic E-state index is 2.40. The molecule has 1 rings (SSSR count). The Kier molecular flexibility index (Phi) is 3.35. The van der Waals surface area contributed by atoms with Crippen LogP contribution in [0.15, 0.2) is 23.3 Å². The van der Waals surface area contributed by atoms with Gasteiger partial charge in [0.25, 0.3) is 0 Å². The van der Waals surface area contributed by atoms with E-state index in [1.165, 1.54) is 31.3 Å². The molecule has 0 amide bonds. The normalized spacial score (nSPS) is 18.2. The van der Waals surface area contributed by atoms with Crippen LogP contribution in [0.25, 0.3) is 0 Å². The highest BCUT2D eigenvalue weighted by Gasteiger charge is 2.24. The molecule has 0 N–H and O–H groups in total. The number of rotatable bonds is 3. The van der Waals surface area contributed by atoms with Crippen molar-refractivity contribution in [3.8, 4) is 0 Å². The van der Waals surface area contributed by atoms with Gasteiger partial charge in [0.2, 0.25) is 0 Å². The van der Waals surface area contributed by atoms with Crippen LogP contribution in [0.2, 0.25) is 0 Å². The van der Waals surface area contributed by atoms with Gasteiger partial charge in [0.05, 0.1) is 0 Å². The van der Waals surface area contributed by atoms with Gasteiger partial charge in [0.15, 0.2) is 0 Å². The molecule has 0 unspecified atom stereocenters. The van der Waals surface area contributed by atoms with Crippen molar-refractivity contribution in [2.75, 3.05) is 0 Å². The highest BCUT2D eigenvalue weighted by Crippen LogP contribution is 2.39. The molecule has 0 heterocycles. The second-order valence-corrected chi connectivity index (χ2v) is 4.47. The fraction of sp³-hybridized carbons (Fsp3) is 0.692. The highest BCUT2D eigenvalue weighted by molar-refractivity contribution is 5.27. The third-order valence-electron chi connectivity index (χ3n) is 3.69. The first-order chi connectivity index (χ1) is 6.12. The van der Waals surface area contributed by atoms with Crippen molar-refractivity contribution < 1.29 is 0 Å². The van der Waals surface area contributed by atoms with Crippen molar-refractivity contribution in [1.29, 1.82) is 0 Å². The highest BCUT2D eigenvalue weighted by atomic mass is 14.3. The Hall–Kier alpha value is -0.520. The van der Waals surface area contributed by atoms with Crippen LogP contribution in [0, 0.1) is 5.41 Å². The van der Waals surface area contributed by atoms with Gasteiger partial charge in [-0.15, -0.1) is 0 Å². The molecule has 0 fully saturated rings. The predicted octanol–water partition coefficient (Wildman–Crippen LogP) is 4.48. The van der Waals surface area contributed by atoms with E-state index in [4.69, 9.17) is 0 Å². The van der Waals surface area contributed by atoms with Crippen LogP contribution in [-0.2, 0) is 0 Å². The smallest absolute Gasteiger partial charge is 0.0118 e. The quantitative estimate of drug-likeness (QED) is 0.597. The summed E-state index contributed by atoms with van der Waals surface area (Å²) in [7, 11) is 0. The average Bonchev–Trinajstić information content (AvgIpc) is 2.18. The van der Waals surface area contributed by atoms with Gasteiger partial charge in [-0.3, -0.25) is 0 Å². The van der Waals surface area contributed by atoms with Crippen molar-refractivity contribution in [1.82, 2.24) is 0 Å². The Labute approximate surface area is 82.7 Å². The summed E-state index contributed by atoms with van der Waals surface area (Å²) in [5.41, 5.74) is 3.64. The summed E-state index contributed by atoms with van der Waals surface area (Å²) in [6.07, 6.45) is 9.72. The van der Waals surface area contributed by atoms with Gasteiger partial charge in [-0.05, 0) is 38.0 Å². The minimum Gasteiger partial charge on any atom is -0.0730 e. The molecule has 0 heteroatoms. The molecule has 0 aliphatic heterocycles. The van der Waals surface area contributed by atoms with Gasteiger partial charge in [0.1, 0.15) is 0 Å². The van der Waals surface area contributed by atoms with E-state index < -0.39 is 0 Å². The lowest BCUT2D eigenvalue weighted by molar-refractivity contribution is 0.354. The molecule has 0 saturated heterocycles. The number of hydrogen-bond donors (Lipinski definition) is 0. The van der Waals surface area contributed by atoms with Crippen LogP contribution in [0.3, 0.4) is 0 Å². The van der Waals surface area contributed by atoms with Gasteiger partial charge in [-0.25, -0.2) is 0 Å². The summed E-state index contributed by atoms with van der Waals surface area (Å²) in [5, 5.41) is 0. The van der Waals surface area contributed by atoms with Crippen LogP contribution in [0.1, 0.15) is 53.4 Å². The zero-order valence-corrected chi connectivity index (χ0v) is 9.48.